The van der Waals surface area contributed by atoms with Gasteiger partial charge in [0.25, 0.3) is 5.69 Å². The van der Waals surface area contributed by atoms with Gasteiger partial charge >= 0.3 is 0 Å². The molecule has 8 heteroatoms. The van der Waals surface area contributed by atoms with Gasteiger partial charge in [-0.15, -0.1) is 19.0 Å². The molecule has 0 bridgehead atoms. The van der Waals surface area contributed by atoms with Crippen molar-refractivity contribution in [2.24, 2.45) is 5.73 Å². The molecule has 0 saturated heterocycles. The number of nitrogens with two attached hydrogens (primary N) is 1. The number of nitrogens with zero attached hydrogens (tertiary/aromatic N) is 2. The van der Waals surface area contributed by atoms with E-state index in [1.165, 1.54) is 19.2 Å². The number of methoxy groups -OCH3 is 1. The van der Waals surface area contributed by atoms with Gasteiger partial charge in [0.15, 0.2) is 0 Å². The van der Waals surface area contributed by atoms with Gasteiger partial charge in [-0.3, -0.25) is 14.9 Å². The van der Waals surface area contributed by atoms with Crippen molar-refractivity contribution >= 4 is 24.0 Å². The molecule has 0 aliphatic rings. The molecule has 2 N–H and O–H groups in total. The van der Waals surface area contributed by atoms with Crippen LogP contribution in [-0.2, 0) is 16.1 Å². The average Bonchev–Trinajstić information content (AvgIpc) is 2.52. The maximum absolute atomic E-state index is 12.3. The molecule has 1 atom stereocenters. The molecular weight excluding hydrogens is 322 g/mol. The summed E-state index contributed by atoms with van der Waals surface area (Å²) in [6, 6.07) is 6.22. The Hall–Kier alpha value is -1.96. The molecule has 0 aliphatic carbocycles. The van der Waals surface area contributed by atoms with E-state index in [1.54, 1.807) is 23.1 Å². The average molecular weight is 344 g/mol. The highest BCUT2D eigenvalue weighted by Crippen LogP contribution is 2.15. The molecule has 0 fully saturated rings. The Morgan fingerprint density at radius 1 is 1.57 bits per heavy atom. The first kappa shape index (κ1) is 21.0. The number of rotatable bonds is 9. The van der Waals surface area contributed by atoms with E-state index >= 15 is 0 Å². The summed E-state index contributed by atoms with van der Waals surface area (Å²) in [5.41, 5.74) is 6.21. The second-order valence-electron chi connectivity index (χ2n) is 4.79. The number of carbonyl (C=O) groups is 1. The van der Waals surface area contributed by atoms with E-state index in [1.807, 2.05) is 0 Å². The van der Waals surface area contributed by atoms with Gasteiger partial charge in [0, 0.05) is 38.9 Å². The second-order valence-corrected chi connectivity index (χ2v) is 4.79. The molecule has 0 heterocycles. The van der Waals surface area contributed by atoms with Crippen LogP contribution >= 0.6 is 12.4 Å². The van der Waals surface area contributed by atoms with Crippen LogP contribution in [0.1, 0.15) is 12.0 Å². The molecule has 1 aromatic rings. The monoisotopic (exact) mass is 343 g/mol. The van der Waals surface area contributed by atoms with Crippen molar-refractivity contribution in [2.75, 3.05) is 20.2 Å². The summed E-state index contributed by atoms with van der Waals surface area (Å²) in [4.78, 5) is 24.2. The first-order valence-corrected chi connectivity index (χ1v) is 6.86. The quantitative estimate of drug-likeness (QED) is 0.419. The standard InChI is InChI=1S/C15H21N3O4.ClH/c1-3-7-17(15(19)9-14(10-16)22-2)11-12-5-4-6-13(8-12)18(20)21;/h3-6,8,14H,1,7,9-11,16H2,2H3;1H. The van der Waals surface area contributed by atoms with Crippen LogP contribution in [-0.4, -0.2) is 42.0 Å². The van der Waals surface area contributed by atoms with Crippen LogP contribution in [0.25, 0.3) is 0 Å². The van der Waals surface area contributed by atoms with Crippen molar-refractivity contribution in [2.45, 2.75) is 19.1 Å². The number of ether oxygens (including phenoxy) is 1. The lowest BCUT2D eigenvalue weighted by Gasteiger charge is -2.23. The molecule has 1 rings (SSSR count). The third-order valence-electron chi connectivity index (χ3n) is 3.20. The molecule has 1 amide bonds. The Labute approximate surface area is 141 Å². The number of nitro benzene ring substituents is 1. The fourth-order valence-electron chi connectivity index (χ4n) is 1.99. The molecule has 0 aliphatic heterocycles. The highest BCUT2D eigenvalue weighted by molar-refractivity contribution is 5.85. The SMILES string of the molecule is C=CCN(Cc1cccc([N+](=O)[O-])c1)C(=O)CC(CN)OC.Cl. The second kappa shape index (κ2) is 10.7. The van der Waals surface area contributed by atoms with Crippen molar-refractivity contribution in [3.8, 4) is 0 Å². The number of non-ortho nitro benzene ring substituents is 1. The highest BCUT2D eigenvalue weighted by atomic mass is 35.5. The summed E-state index contributed by atoms with van der Waals surface area (Å²) in [7, 11) is 1.50. The van der Waals surface area contributed by atoms with Crippen LogP contribution in [0, 0.1) is 10.1 Å². The lowest BCUT2D eigenvalue weighted by atomic mass is 10.1. The van der Waals surface area contributed by atoms with E-state index < -0.39 is 4.92 Å². The number of amides is 1. The van der Waals surface area contributed by atoms with Crippen LogP contribution in [0.4, 0.5) is 5.69 Å². The third kappa shape index (κ3) is 6.77. The summed E-state index contributed by atoms with van der Waals surface area (Å²) in [5.74, 6) is -0.135. The first-order valence-electron chi connectivity index (χ1n) is 6.86. The Morgan fingerprint density at radius 3 is 2.78 bits per heavy atom. The van der Waals surface area contributed by atoms with Crippen LogP contribution in [0.3, 0.4) is 0 Å². The van der Waals surface area contributed by atoms with Gasteiger partial charge in [0.1, 0.15) is 0 Å². The molecule has 0 saturated carbocycles. The lowest BCUT2D eigenvalue weighted by Crippen LogP contribution is -2.35. The van der Waals surface area contributed by atoms with Crippen molar-refractivity contribution in [3.05, 3.63) is 52.6 Å². The number of hydrogen-bond acceptors (Lipinski definition) is 5. The van der Waals surface area contributed by atoms with Crippen LogP contribution < -0.4 is 5.73 Å². The van der Waals surface area contributed by atoms with Crippen LogP contribution in [0.2, 0.25) is 0 Å². The summed E-state index contributed by atoms with van der Waals surface area (Å²) in [6.45, 7) is 4.50. The minimum absolute atomic E-state index is 0. The fraction of sp³-hybridized carbons (Fsp3) is 0.400. The molecule has 128 valence electrons. The molecule has 0 aromatic heterocycles. The number of benzene rings is 1. The lowest BCUT2D eigenvalue weighted by molar-refractivity contribution is -0.384. The molecule has 0 radical (unpaired) electrons. The van der Waals surface area contributed by atoms with Crippen LogP contribution in [0.5, 0.6) is 0 Å². The number of carbonyl (C=O) groups excluding carboxylic acids is 1. The predicted octanol–water partition coefficient (Wildman–Crippen LogP) is 1.90. The Balaban J connectivity index is 0.00000484. The topological polar surface area (TPSA) is 98.7 Å². The zero-order valence-corrected chi connectivity index (χ0v) is 13.8. The van der Waals surface area contributed by atoms with E-state index in [0.29, 0.717) is 12.1 Å². The van der Waals surface area contributed by atoms with Gasteiger partial charge in [-0.05, 0) is 5.56 Å². The number of hydrogen-bond donors (Lipinski definition) is 1. The summed E-state index contributed by atoms with van der Waals surface area (Å²) in [5, 5.41) is 10.8. The summed E-state index contributed by atoms with van der Waals surface area (Å²) < 4.78 is 5.11. The zero-order chi connectivity index (χ0) is 16.5. The zero-order valence-electron chi connectivity index (χ0n) is 13.0. The van der Waals surface area contributed by atoms with Crippen molar-refractivity contribution in [3.63, 3.8) is 0 Å². The van der Waals surface area contributed by atoms with Gasteiger partial charge in [0.05, 0.1) is 17.4 Å². The largest absolute Gasteiger partial charge is 0.380 e. The maximum atomic E-state index is 12.3. The van der Waals surface area contributed by atoms with Crippen molar-refractivity contribution < 1.29 is 14.5 Å². The van der Waals surface area contributed by atoms with E-state index in [0.717, 1.165) is 0 Å². The minimum Gasteiger partial charge on any atom is -0.380 e. The van der Waals surface area contributed by atoms with Crippen molar-refractivity contribution in [1.82, 2.24) is 4.90 Å². The van der Waals surface area contributed by atoms with Gasteiger partial charge in [-0.25, -0.2) is 0 Å². The fourth-order valence-corrected chi connectivity index (χ4v) is 1.99. The maximum Gasteiger partial charge on any atom is 0.269 e. The first-order chi connectivity index (χ1) is 10.5. The van der Waals surface area contributed by atoms with Gasteiger partial charge in [-0.1, -0.05) is 18.2 Å². The predicted molar refractivity (Wildman–Crippen MR) is 90.4 cm³/mol. The van der Waals surface area contributed by atoms with Gasteiger partial charge in [0.2, 0.25) is 5.91 Å². The van der Waals surface area contributed by atoms with E-state index in [4.69, 9.17) is 10.5 Å². The highest BCUT2D eigenvalue weighted by Gasteiger charge is 2.18. The summed E-state index contributed by atoms with van der Waals surface area (Å²) >= 11 is 0. The Bertz CT molecular complexity index is 535. The summed E-state index contributed by atoms with van der Waals surface area (Å²) in [6.07, 6.45) is 1.43. The van der Waals surface area contributed by atoms with E-state index in [2.05, 4.69) is 6.58 Å². The number of nitro groups is 1. The molecule has 7 nitrogen and oxygen atoms in total. The third-order valence-corrected chi connectivity index (χ3v) is 3.20. The molecule has 23 heavy (non-hydrogen) atoms. The van der Waals surface area contributed by atoms with Gasteiger partial charge in [-0.2, -0.15) is 0 Å². The van der Waals surface area contributed by atoms with E-state index in [9.17, 15) is 14.9 Å². The van der Waals surface area contributed by atoms with Crippen molar-refractivity contribution in [1.29, 1.82) is 0 Å². The smallest absolute Gasteiger partial charge is 0.269 e. The van der Waals surface area contributed by atoms with E-state index in [-0.39, 0.29) is 49.6 Å². The van der Waals surface area contributed by atoms with Crippen LogP contribution in [0.15, 0.2) is 36.9 Å². The Kier molecular flexibility index (Phi) is 9.80. The Morgan fingerprint density at radius 2 is 2.26 bits per heavy atom. The molecule has 1 aromatic carbocycles. The molecular formula is C15H22ClN3O4. The minimum atomic E-state index is -0.460. The van der Waals surface area contributed by atoms with Gasteiger partial charge < -0.3 is 15.4 Å². The molecule has 1 unspecified atom stereocenters. The normalized spacial score (nSPS) is 11.2. The molecule has 0 spiro atoms. The number of halogens is 1.